The van der Waals surface area contributed by atoms with E-state index in [1.54, 1.807) is 17.4 Å². The van der Waals surface area contributed by atoms with Gasteiger partial charge >= 0.3 is 5.97 Å². The van der Waals surface area contributed by atoms with Crippen molar-refractivity contribution in [2.24, 2.45) is 0 Å². The number of rotatable bonds is 2. The number of thiophene rings is 1. The normalized spacial score (nSPS) is 10.8. The summed E-state index contributed by atoms with van der Waals surface area (Å²) in [5.41, 5.74) is 6.82. The number of ether oxygens (including phenoxy) is 1. The van der Waals surface area contributed by atoms with Crippen molar-refractivity contribution in [3.05, 3.63) is 47.1 Å². The van der Waals surface area contributed by atoms with Crippen molar-refractivity contribution in [1.82, 2.24) is 4.98 Å². The minimum Gasteiger partial charge on any atom is -0.464 e. The molecule has 0 saturated carbocycles. The van der Waals surface area contributed by atoms with Crippen LogP contribution in [0, 0.1) is 0 Å². The molecule has 0 fully saturated rings. The van der Waals surface area contributed by atoms with Gasteiger partial charge in [-0.1, -0.05) is 29.8 Å². The average Bonchev–Trinajstić information content (AvgIpc) is 2.93. The lowest BCUT2D eigenvalue weighted by Gasteiger charge is -2.06. The van der Waals surface area contributed by atoms with E-state index in [4.69, 9.17) is 17.3 Å². The van der Waals surface area contributed by atoms with Gasteiger partial charge in [0.2, 0.25) is 0 Å². The third-order valence-electron chi connectivity index (χ3n) is 3.04. The number of benzene rings is 1. The molecule has 0 aliphatic heterocycles. The number of methoxy groups -OCH3 is 1. The van der Waals surface area contributed by atoms with E-state index in [1.165, 1.54) is 7.11 Å². The van der Waals surface area contributed by atoms with E-state index in [1.807, 2.05) is 30.3 Å². The first-order chi connectivity index (χ1) is 10.1. The van der Waals surface area contributed by atoms with Gasteiger partial charge in [-0.05, 0) is 23.6 Å². The molecule has 4 nitrogen and oxygen atoms in total. The zero-order valence-corrected chi connectivity index (χ0v) is 12.7. The fourth-order valence-corrected chi connectivity index (χ4v) is 3.21. The first-order valence-electron chi connectivity index (χ1n) is 6.13. The molecular formula is C15H11ClN2O2S. The fraction of sp³-hybridized carbons (Fsp3) is 0.0667. The highest BCUT2D eigenvalue weighted by Gasteiger charge is 2.18. The zero-order chi connectivity index (χ0) is 15.0. The van der Waals surface area contributed by atoms with Gasteiger partial charge in [0.25, 0.3) is 0 Å². The summed E-state index contributed by atoms with van der Waals surface area (Å²) in [7, 11) is 1.28. The van der Waals surface area contributed by atoms with Gasteiger partial charge in [-0.25, -0.2) is 9.78 Å². The lowest BCUT2D eigenvalue weighted by molar-refractivity contribution is 0.0594. The summed E-state index contributed by atoms with van der Waals surface area (Å²) in [6.45, 7) is 0. The molecule has 0 bridgehead atoms. The molecule has 106 valence electrons. The van der Waals surface area contributed by atoms with E-state index in [2.05, 4.69) is 9.72 Å². The van der Waals surface area contributed by atoms with E-state index in [9.17, 15) is 4.79 Å². The number of nitrogen functional groups attached to an aromatic ring is 1. The first kappa shape index (κ1) is 13.9. The number of hydrogen-bond donors (Lipinski definition) is 1. The molecule has 21 heavy (non-hydrogen) atoms. The van der Waals surface area contributed by atoms with Crippen LogP contribution >= 0.6 is 22.9 Å². The Balaban J connectivity index is 2.18. The Morgan fingerprint density at radius 2 is 2.10 bits per heavy atom. The van der Waals surface area contributed by atoms with Crippen molar-refractivity contribution < 1.29 is 9.53 Å². The van der Waals surface area contributed by atoms with Crippen LogP contribution in [0.5, 0.6) is 0 Å². The molecule has 0 amide bonds. The predicted molar refractivity (Wildman–Crippen MR) is 85.8 cm³/mol. The Bertz CT molecular complexity index is 812. The molecule has 2 N–H and O–H groups in total. The molecule has 0 aliphatic rings. The summed E-state index contributed by atoms with van der Waals surface area (Å²) in [5, 5.41) is 1.24. The summed E-state index contributed by atoms with van der Waals surface area (Å²) in [6, 6.07) is 11.7. The minimum atomic E-state index is -0.602. The molecule has 3 rings (SSSR count). The summed E-state index contributed by atoms with van der Waals surface area (Å²) in [4.78, 5) is 16.9. The van der Waals surface area contributed by atoms with Gasteiger partial charge < -0.3 is 10.5 Å². The molecule has 0 spiro atoms. The number of carbonyl (C=O) groups is 1. The van der Waals surface area contributed by atoms with E-state index in [0.717, 1.165) is 15.0 Å². The molecule has 0 saturated heterocycles. The van der Waals surface area contributed by atoms with E-state index >= 15 is 0 Å². The zero-order valence-electron chi connectivity index (χ0n) is 11.1. The maximum Gasteiger partial charge on any atom is 0.358 e. The molecule has 0 atom stereocenters. The highest BCUT2D eigenvalue weighted by molar-refractivity contribution is 7.22. The second-order valence-corrected chi connectivity index (χ2v) is 5.86. The van der Waals surface area contributed by atoms with Crippen LogP contribution < -0.4 is 5.73 Å². The number of esters is 1. The molecule has 0 aliphatic carbocycles. The van der Waals surface area contributed by atoms with Crippen molar-refractivity contribution in [2.75, 3.05) is 12.8 Å². The number of carbonyl (C=O) groups excluding carboxylic acids is 1. The van der Waals surface area contributed by atoms with Crippen molar-refractivity contribution in [3.63, 3.8) is 0 Å². The topological polar surface area (TPSA) is 65.2 Å². The molecule has 0 radical (unpaired) electrons. The number of nitrogens with two attached hydrogens (primary N) is 1. The van der Waals surface area contributed by atoms with Crippen molar-refractivity contribution in [3.8, 4) is 10.6 Å². The monoisotopic (exact) mass is 318 g/mol. The number of fused-ring (bicyclic) bond motifs is 1. The summed E-state index contributed by atoms with van der Waals surface area (Å²) < 4.78 is 5.83. The van der Waals surface area contributed by atoms with Crippen molar-refractivity contribution in [2.45, 2.75) is 0 Å². The van der Waals surface area contributed by atoms with Crippen LogP contribution in [0.15, 0.2) is 36.4 Å². The SMILES string of the molecule is COC(=O)c1nc(-c2cc3ccccc3s2)cc(N)c1Cl. The van der Waals surface area contributed by atoms with Crippen LogP contribution in [-0.4, -0.2) is 18.1 Å². The molecule has 2 aromatic heterocycles. The molecule has 1 aromatic carbocycles. The number of nitrogens with zero attached hydrogens (tertiary/aromatic N) is 1. The summed E-state index contributed by atoms with van der Waals surface area (Å²) in [6.07, 6.45) is 0. The third kappa shape index (κ3) is 2.46. The smallest absolute Gasteiger partial charge is 0.358 e. The van der Waals surface area contributed by atoms with Gasteiger partial charge in [-0.3, -0.25) is 0 Å². The maximum atomic E-state index is 11.7. The summed E-state index contributed by atoms with van der Waals surface area (Å²) in [5.74, 6) is -0.602. The maximum absolute atomic E-state index is 11.7. The van der Waals surface area contributed by atoms with Crippen molar-refractivity contribution >= 4 is 44.7 Å². The molecular weight excluding hydrogens is 308 g/mol. The lowest BCUT2D eigenvalue weighted by atomic mass is 10.2. The van der Waals surface area contributed by atoms with Crippen LogP contribution in [0.3, 0.4) is 0 Å². The highest BCUT2D eigenvalue weighted by Crippen LogP contribution is 2.35. The predicted octanol–water partition coefficient (Wildman–Crippen LogP) is 3.99. The van der Waals surface area contributed by atoms with Gasteiger partial charge in [0.05, 0.1) is 28.4 Å². The Morgan fingerprint density at radius 3 is 2.81 bits per heavy atom. The number of hydrogen-bond acceptors (Lipinski definition) is 5. The fourth-order valence-electron chi connectivity index (χ4n) is 2.02. The van der Waals surface area contributed by atoms with Crippen LogP contribution in [0.4, 0.5) is 5.69 Å². The largest absolute Gasteiger partial charge is 0.464 e. The standard InChI is InChI=1S/C15H11ClN2O2S/c1-20-15(19)14-13(16)9(17)7-10(18-14)12-6-8-4-2-3-5-11(8)21-12/h2-7H,1H3,(H2,17,18). The number of pyridine rings is 1. The first-order valence-corrected chi connectivity index (χ1v) is 7.33. The van der Waals surface area contributed by atoms with Crippen molar-refractivity contribution in [1.29, 1.82) is 0 Å². The van der Waals surface area contributed by atoms with Gasteiger partial charge in [0.1, 0.15) is 0 Å². The number of aromatic nitrogens is 1. The van der Waals surface area contributed by atoms with Crippen LogP contribution in [0.2, 0.25) is 5.02 Å². The van der Waals surface area contributed by atoms with Crippen LogP contribution in [0.25, 0.3) is 20.7 Å². The molecule has 3 aromatic rings. The Kier molecular flexibility index (Phi) is 3.53. The average molecular weight is 319 g/mol. The minimum absolute atomic E-state index is 0.0339. The van der Waals surface area contributed by atoms with Crippen LogP contribution in [0.1, 0.15) is 10.5 Å². The summed E-state index contributed by atoms with van der Waals surface area (Å²) >= 11 is 7.60. The lowest BCUT2D eigenvalue weighted by Crippen LogP contribution is -2.07. The van der Waals surface area contributed by atoms with E-state index < -0.39 is 5.97 Å². The second-order valence-electron chi connectivity index (χ2n) is 4.40. The van der Waals surface area contributed by atoms with Gasteiger partial charge in [-0.2, -0.15) is 0 Å². The second kappa shape index (κ2) is 5.35. The van der Waals surface area contributed by atoms with E-state index in [-0.39, 0.29) is 10.7 Å². The molecule has 6 heteroatoms. The third-order valence-corrected chi connectivity index (χ3v) is 4.58. The number of halogens is 1. The highest BCUT2D eigenvalue weighted by atomic mass is 35.5. The van der Waals surface area contributed by atoms with Gasteiger partial charge in [-0.15, -0.1) is 11.3 Å². The molecule has 2 heterocycles. The Morgan fingerprint density at radius 1 is 1.33 bits per heavy atom. The van der Waals surface area contributed by atoms with Gasteiger partial charge in [0.15, 0.2) is 5.69 Å². The van der Waals surface area contributed by atoms with E-state index in [0.29, 0.717) is 11.4 Å². The van der Waals surface area contributed by atoms with Gasteiger partial charge in [0, 0.05) is 4.70 Å². The Hall–Kier alpha value is -2.11. The quantitative estimate of drug-likeness (QED) is 0.726. The molecule has 0 unspecified atom stereocenters. The Labute approximate surface area is 130 Å². The number of anilines is 1. The van der Waals surface area contributed by atoms with Crippen LogP contribution in [-0.2, 0) is 4.74 Å².